The van der Waals surface area contributed by atoms with Crippen molar-refractivity contribution >= 4 is 17.9 Å². The maximum atomic E-state index is 12.9. The number of hydrogen-bond donors (Lipinski definition) is 0. The van der Waals surface area contributed by atoms with Crippen molar-refractivity contribution in [3.05, 3.63) is 48.6 Å². The normalized spacial score (nSPS) is 12.3. The summed E-state index contributed by atoms with van der Waals surface area (Å²) in [5.41, 5.74) is 0. The van der Waals surface area contributed by atoms with E-state index in [9.17, 15) is 14.4 Å². The van der Waals surface area contributed by atoms with E-state index in [0.717, 1.165) is 83.5 Å². The fourth-order valence-electron chi connectivity index (χ4n) is 10.4. The van der Waals surface area contributed by atoms with Gasteiger partial charge >= 0.3 is 17.9 Å². The minimum absolute atomic E-state index is 0.0696. The van der Waals surface area contributed by atoms with Gasteiger partial charge in [0.2, 0.25) is 0 Å². The summed E-state index contributed by atoms with van der Waals surface area (Å²) in [5, 5.41) is 0. The van der Waals surface area contributed by atoms with E-state index in [2.05, 4.69) is 69.4 Å². The van der Waals surface area contributed by atoms with E-state index in [1.165, 1.54) is 250 Å². The van der Waals surface area contributed by atoms with Gasteiger partial charge in [-0.15, -0.1) is 0 Å². The number of allylic oxidation sites excluding steroid dienone is 8. The number of ether oxygens (including phenoxy) is 3. The standard InChI is InChI=1S/C72H132O6/c1-4-7-10-13-16-19-21-23-25-27-29-31-33-34-35-36-37-39-40-42-44-46-48-50-53-56-59-62-65-71(74)77-68-69(67-76-70(73)64-61-58-55-52-18-15-12-9-6-3)78-72(75)66-63-60-57-54-51-49-47-45-43-41-38-32-30-28-26-24-22-20-17-14-11-8-5-2/h8,11,17,20,24,26,30,32,69H,4-7,9-10,12-16,18-19,21-23,25,27-29,31,33-68H2,1-3H3/b11-8-,20-17-,26-24-,32-30-. The third-order valence-electron chi connectivity index (χ3n) is 15.6. The zero-order chi connectivity index (χ0) is 56.4. The summed E-state index contributed by atoms with van der Waals surface area (Å²) in [6.07, 6.45) is 84.4. The molecule has 0 aromatic carbocycles. The van der Waals surface area contributed by atoms with Gasteiger partial charge in [0, 0.05) is 19.3 Å². The molecule has 0 bridgehead atoms. The van der Waals surface area contributed by atoms with E-state index in [0.29, 0.717) is 19.3 Å². The first-order valence-corrected chi connectivity index (χ1v) is 34.6. The molecule has 0 aliphatic carbocycles. The minimum atomic E-state index is -0.772. The van der Waals surface area contributed by atoms with Crippen molar-refractivity contribution in [3.8, 4) is 0 Å². The van der Waals surface area contributed by atoms with Gasteiger partial charge in [0.15, 0.2) is 6.10 Å². The van der Waals surface area contributed by atoms with Crippen LogP contribution >= 0.6 is 0 Å². The summed E-state index contributed by atoms with van der Waals surface area (Å²) in [6, 6.07) is 0. The number of carbonyl (C=O) groups is 3. The van der Waals surface area contributed by atoms with Gasteiger partial charge in [-0.1, -0.05) is 345 Å². The summed E-state index contributed by atoms with van der Waals surface area (Å²) in [5.74, 6) is -0.853. The van der Waals surface area contributed by atoms with Crippen molar-refractivity contribution in [2.75, 3.05) is 13.2 Å². The van der Waals surface area contributed by atoms with E-state index < -0.39 is 6.10 Å². The first-order chi connectivity index (χ1) is 38.5. The fraction of sp³-hybridized carbons (Fsp3) is 0.847. The van der Waals surface area contributed by atoms with E-state index in [1.54, 1.807) is 0 Å². The quantitative estimate of drug-likeness (QED) is 0.0261. The molecule has 0 aromatic heterocycles. The Hall–Kier alpha value is -2.63. The van der Waals surface area contributed by atoms with E-state index >= 15 is 0 Å². The van der Waals surface area contributed by atoms with Gasteiger partial charge in [-0.05, 0) is 57.8 Å². The highest BCUT2D eigenvalue weighted by Crippen LogP contribution is 2.18. The fourth-order valence-corrected chi connectivity index (χ4v) is 10.4. The summed E-state index contributed by atoms with van der Waals surface area (Å²) in [4.78, 5) is 38.3. The molecule has 0 N–H and O–H groups in total. The highest BCUT2D eigenvalue weighted by Gasteiger charge is 2.19. The Morgan fingerprint density at radius 1 is 0.269 bits per heavy atom. The second-order valence-electron chi connectivity index (χ2n) is 23.4. The van der Waals surface area contributed by atoms with Crippen molar-refractivity contribution in [3.63, 3.8) is 0 Å². The number of carbonyl (C=O) groups excluding carboxylic acids is 3. The maximum absolute atomic E-state index is 12.9. The predicted molar refractivity (Wildman–Crippen MR) is 339 cm³/mol. The molecule has 0 heterocycles. The lowest BCUT2D eigenvalue weighted by atomic mass is 10.0. The van der Waals surface area contributed by atoms with Crippen LogP contribution in [0.25, 0.3) is 0 Å². The second-order valence-corrected chi connectivity index (χ2v) is 23.4. The van der Waals surface area contributed by atoms with Gasteiger partial charge in [-0.25, -0.2) is 0 Å². The van der Waals surface area contributed by atoms with Crippen molar-refractivity contribution < 1.29 is 28.6 Å². The minimum Gasteiger partial charge on any atom is -0.462 e. The molecule has 0 rings (SSSR count). The first kappa shape index (κ1) is 75.4. The first-order valence-electron chi connectivity index (χ1n) is 34.6. The SMILES string of the molecule is CC/C=C\C/C=C\C/C=C\C/C=C\CCCCCCCCCCCCC(=O)OC(COC(=O)CCCCCCCCCCC)COC(=O)CCCCCCCCCCCCCCCCCCCCCCCCCCCCCC. The average molecular weight is 1090 g/mol. The van der Waals surface area contributed by atoms with Crippen LogP contribution in [0.3, 0.4) is 0 Å². The van der Waals surface area contributed by atoms with E-state index in [4.69, 9.17) is 14.2 Å². The lowest BCUT2D eigenvalue weighted by Gasteiger charge is -2.18. The average Bonchev–Trinajstić information content (AvgIpc) is 3.44. The molecule has 0 aromatic rings. The number of esters is 3. The highest BCUT2D eigenvalue weighted by atomic mass is 16.6. The largest absolute Gasteiger partial charge is 0.462 e. The lowest BCUT2D eigenvalue weighted by Crippen LogP contribution is -2.30. The van der Waals surface area contributed by atoms with Crippen LogP contribution in [-0.2, 0) is 28.6 Å². The molecule has 456 valence electrons. The topological polar surface area (TPSA) is 78.9 Å². The third-order valence-corrected chi connectivity index (χ3v) is 15.6. The van der Waals surface area contributed by atoms with Crippen LogP contribution in [0.4, 0.5) is 0 Å². The predicted octanol–water partition coefficient (Wildman–Crippen LogP) is 23.7. The van der Waals surface area contributed by atoms with E-state index in [1.807, 2.05) is 0 Å². The Kier molecular flexibility index (Phi) is 64.6. The smallest absolute Gasteiger partial charge is 0.306 e. The van der Waals surface area contributed by atoms with Crippen LogP contribution in [0.15, 0.2) is 48.6 Å². The molecule has 0 amide bonds. The Morgan fingerprint density at radius 2 is 0.500 bits per heavy atom. The Balaban J connectivity index is 4.11. The van der Waals surface area contributed by atoms with Crippen LogP contribution in [0, 0.1) is 0 Å². The molecule has 0 saturated heterocycles. The summed E-state index contributed by atoms with van der Waals surface area (Å²) >= 11 is 0. The van der Waals surface area contributed by atoms with Crippen molar-refractivity contribution in [2.24, 2.45) is 0 Å². The van der Waals surface area contributed by atoms with Crippen LogP contribution in [0.5, 0.6) is 0 Å². The molecule has 78 heavy (non-hydrogen) atoms. The molecule has 0 aliphatic heterocycles. The van der Waals surface area contributed by atoms with Gasteiger partial charge in [0.05, 0.1) is 0 Å². The monoisotopic (exact) mass is 1090 g/mol. The molecule has 0 saturated carbocycles. The summed E-state index contributed by atoms with van der Waals surface area (Å²) in [6.45, 7) is 6.57. The maximum Gasteiger partial charge on any atom is 0.306 e. The lowest BCUT2D eigenvalue weighted by molar-refractivity contribution is -0.167. The number of unbranched alkanes of at least 4 members (excludes halogenated alkanes) is 45. The zero-order valence-electron chi connectivity index (χ0n) is 52.5. The molecule has 1 unspecified atom stereocenters. The van der Waals surface area contributed by atoms with Gasteiger partial charge in [0.1, 0.15) is 13.2 Å². The van der Waals surface area contributed by atoms with Crippen LogP contribution < -0.4 is 0 Å². The second kappa shape index (κ2) is 66.9. The molecule has 0 radical (unpaired) electrons. The summed E-state index contributed by atoms with van der Waals surface area (Å²) < 4.78 is 16.9. The van der Waals surface area contributed by atoms with Crippen molar-refractivity contribution in [1.82, 2.24) is 0 Å². The summed E-state index contributed by atoms with van der Waals surface area (Å²) in [7, 11) is 0. The molecule has 1 atom stereocenters. The molecule has 6 heteroatoms. The molecular formula is C72H132O6. The number of rotatable bonds is 64. The molecule has 0 fully saturated rings. The van der Waals surface area contributed by atoms with Gasteiger partial charge in [-0.2, -0.15) is 0 Å². The number of hydrogen-bond acceptors (Lipinski definition) is 6. The Bertz CT molecular complexity index is 1350. The zero-order valence-corrected chi connectivity index (χ0v) is 52.5. The van der Waals surface area contributed by atoms with Crippen LogP contribution in [0.1, 0.15) is 374 Å². The Morgan fingerprint density at radius 3 is 0.782 bits per heavy atom. The van der Waals surface area contributed by atoms with Crippen molar-refractivity contribution in [2.45, 2.75) is 380 Å². The van der Waals surface area contributed by atoms with Gasteiger partial charge in [0.25, 0.3) is 0 Å². The van der Waals surface area contributed by atoms with Gasteiger partial charge in [-0.3, -0.25) is 14.4 Å². The van der Waals surface area contributed by atoms with Crippen LogP contribution in [-0.4, -0.2) is 37.2 Å². The van der Waals surface area contributed by atoms with E-state index in [-0.39, 0.29) is 31.1 Å². The highest BCUT2D eigenvalue weighted by molar-refractivity contribution is 5.71. The molecule has 6 nitrogen and oxygen atoms in total. The van der Waals surface area contributed by atoms with Crippen LogP contribution in [0.2, 0.25) is 0 Å². The van der Waals surface area contributed by atoms with Gasteiger partial charge < -0.3 is 14.2 Å². The third kappa shape index (κ3) is 64.2. The Labute approximate surface area is 486 Å². The van der Waals surface area contributed by atoms with Crippen molar-refractivity contribution in [1.29, 1.82) is 0 Å². The molecular weight excluding hydrogens is 961 g/mol. The molecule has 0 spiro atoms. The molecule has 0 aliphatic rings.